The molecule has 1 heterocycles. The Labute approximate surface area is 177 Å². The maximum Gasteiger partial charge on any atom is 0.0217 e. The summed E-state index contributed by atoms with van der Waals surface area (Å²) in [5, 5.41) is 3.72. The molecule has 0 bridgehead atoms. The minimum absolute atomic E-state index is 0.651. The summed E-state index contributed by atoms with van der Waals surface area (Å²) in [6.45, 7) is 15.4. The summed E-state index contributed by atoms with van der Waals surface area (Å²) in [7, 11) is 0. The first-order valence-corrected chi connectivity index (χ1v) is 12.6. The summed E-state index contributed by atoms with van der Waals surface area (Å²) in [4.78, 5) is 2.64. The SMILES string of the molecule is CCCCCC(C#CCCN1CCC(CNCC(C)CCC)CC1)CCCC. The number of likely N-dealkylation sites (tertiary alicyclic amines) is 1. The molecule has 1 N–H and O–H groups in total. The second-order valence-corrected chi connectivity index (χ2v) is 9.24. The van der Waals surface area contributed by atoms with E-state index in [1.807, 2.05) is 0 Å². The van der Waals surface area contributed by atoms with Gasteiger partial charge in [0, 0.05) is 18.9 Å². The molecule has 0 aliphatic carbocycles. The molecule has 2 heteroatoms. The smallest absolute Gasteiger partial charge is 0.0217 e. The maximum absolute atomic E-state index is 3.72. The van der Waals surface area contributed by atoms with Gasteiger partial charge in [0.25, 0.3) is 0 Å². The fourth-order valence-corrected chi connectivity index (χ4v) is 4.35. The molecule has 0 aromatic heterocycles. The van der Waals surface area contributed by atoms with Crippen LogP contribution in [-0.2, 0) is 0 Å². The lowest BCUT2D eigenvalue weighted by Gasteiger charge is -2.31. The van der Waals surface area contributed by atoms with Gasteiger partial charge in [-0.2, -0.15) is 0 Å². The summed E-state index contributed by atoms with van der Waals surface area (Å²) in [5.41, 5.74) is 0. The van der Waals surface area contributed by atoms with Crippen LogP contribution in [-0.4, -0.2) is 37.6 Å². The van der Waals surface area contributed by atoms with Crippen molar-refractivity contribution in [3.05, 3.63) is 0 Å². The van der Waals surface area contributed by atoms with E-state index >= 15 is 0 Å². The van der Waals surface area contributed by atoms with Crippen molar-refractivity contribution >= 4 is 0 Å². The summed E-state index contributed by atoms with van der Waals surface area (Å²) in [6, 6.07) is 0. The van der Waals surface area contributed by atoms with E-state index in [0.717, 1.165) is 18.3 Å². The quantitative estimate of drug-likeness (QED) is 0.253. The van der Waals surface area contributed by atoms with Crippen LogP contribution in [0.5, 0.6) is 0 Å². The molecule has 0 amide bonds. The molecule has 1 saturated heterocycles. The Bertz CT molecular complexity index is 400. The van der Waals surface area contributed by atoms with Crippen LogP contribution in [0.15, 0.2) is 0 Å². The van der Waals surface area contributed by atoms with Gasteiger partial charge in [-0.1, -0.05) is 72.1 Å². The van der Waals surface area contributed by atoms with Gasteiger partial charge in [0.05, 0.1) is 0 Å². The molecule has 28 heavy (non-hydrogen) atoms. The molecule has 1 rings (SSSR count). The minimum atomic E-state index is 0.651. The fourth-order valence-electron chi connectivity index (χ4n) is 4.35. The largest absolute Gasteiger partial charge is 0.316 e. The van der Waals surface area contributed by atoms with Crippen LogP contribution in [0.3, 0.4) is 0 Å². The van der Waals surface area contributed by atoms with Crippen molar-refractivity contribution in [3.8, 4) is 11.8 Å². The molecule has 2 nitrogen and oxygen atoms in total. The molecule has 0 spiro atoms. The molecule has 0 radical (unpaired) electrons. The van der Waals surface area contributed by atoms with Crippen molar-refractivity contribution in [2.24, 2.45) is 17.8 Å². The molecule has 0 aromatic carbocycles. The van der Waals surface area contributed by atoms with Crippen molar-refractivity contribution in [1.29, 1.82) is 0 Å². The maximum atomic E-state index is 3.72. The second kappa shape index (κ2) is 17.3. The summed E-state index contributed by atoms with van der Waals surface area (Å²) >= 11 is 0. The highest BCUT2D eigenvalue weighted by Gasteiger charge is 2.18. The molecule has 2 atom stereocenters. The Morgan fingerprint density at radius 3 is 2.32 bits per heavy atom. The zero-order chi connectivity index (χ0) is 20.5. The van der Waals surface area contributed by atoms with Crippen LogP contribution in [0.25, 0.3) is 0 Å². The normalized spacial score (nSPS) is 17.9. The fraction of sp³-hybridized carbons (Fsp3) is 0.923. The lowest BCUT2D eigenvalue weighted by molar-refractivity contribution is 0.185. The molecule has 0 saturated carbocycles. The average molecular weight is 391 g/mol. The van der Waals surface area contributed by atoms with Crippen molar-refractivity contribution < 1.29 is 0 Å². The average Bonchev–Trinajstić information content (AvgIpc) is 2.70. The summed E-state index contributed by atoms with van der Waals surface area (Å²) < 4.78 is 0. The highest BCUT2D eigenvalue weighted by Crippen LogP contribution is 2.18. The van der Waals surface area contributed by atoms with Crippen molar-refractivity contribution in [2.45, 2.75) is 105 Å². The van der Waals surface area contributed by atoms with E-state index in [2.05, 4.69) is 49.8 Å². The lowest BCUT2D eigenvalue weighted by Crippen LogP contribution is -2.38. The lowest BCUT2D eigenvalue weighted by atomic mass is 9.95. The molecule has 1 aliphatic rings. The third kappa shape index (κ3) is 12.8. The highest BCUT2D eigenvalue weighted by atomic mass is 15.1. The molecule has 0 aromatic rings. The monoisotopic (exact) mass is 390 g/mol. The van der Waals surface area contributed by atoms with Crippen LogP contribution in [0, 0.1) is 29.6 Å². The van der Waals surface area contributed by atoms with E-state index in [4.69, 9.17) is 0 Å². The van der Waals surface area contributed by atoms with E-state index in [1.165, 1.54) is 103 Å². The molecular weight excluding hydrogens is 340 g/mol. The van der Waals surface area contributed by atoms with Crippen LogP contribution < -0.4 is 5.32 Å². The Morgan fingerprint density at radius 2 is 1.64 bits per heavy atom. The van der Waals surface area contributed by atoms with Crippen LogP contribution in [0.2, 0.25) is 0 Å². The predicted octanol–water partition coefficient (Wildman–Crippen LogP) is 6.50. The Balaban J connectivity index is 2.17. The standard InChI is InChI=1S/C26H50N2/c1-5-8-10-15-25(14-9-6-2)16-11-12-19-28-20-17-26(18-21-28)23-27-22-24(4)13-7-3/h24-27H,5-10,12-15,17-23H2,1-4H3. The predicted molar refractivity (Wildman–Crippen MR) is 126 cm³/mol. The van der Waals surface area contributed by atoms with Crippen molar-refractivity contribution in [2.75, 3.05) is 32.7 Å². The van der Waals surface area contributed by atoms with E-state index in [-0.39, 0.29) is 0 Å². The van der Waals surface area contributed by atoms with Gasteiger partial charge >= 0.3 is 0 Å². The number of nitrogens with zero attached hydrogens (tertiary/aromatic N) is 1. The number of piperidine rings is 1. The Morgan fingerprint density at radius 1 is 0.929 bits per heavy atom. The number of unbranched alkanes of at least 4 members (excludes halogenated alkanes) is 3. The third-order valence-corrected chi connectivity index (χ3v) is 6.34. The Hall–Kier alpha value is -0.520. The van der Waals surface area contributed by atoms with E-state index < -0.39 is 0 Å². The molecule has 2 unspecified atom stereocenters. The van der Waals surface area contributed by atoms with Crippen LogP contribution in [0.1, 0.15) is 105 Å². The number of nitrogens with one attached hydrogen (secondary N) is 1. The number of rotatable bonds is 15. The van der Waals surface area contributed by atoms with E-state index in [0.29, 0.717) is 5.92 Å². The van der Waals surface area contributed by atoms with Crippen molar-refractivity contribution in [1.82, 2.24) is 10.2 Å². The van der Waals surface area contributed by atoms with Gasteiger partial charge in [0.15, 0.2) is 0 Å². The zero-order valence-electron chi connectivity index (χ0n) is 19.7. The van der Waals surface area contributed by atoms with Gasteiger partial charge in [-0.05, 0) is 70.1 Å². The van der Waals surface area contributed by atoms with Gasteiger partial charge in [-0.15, -0.1) is 5.92 Å². The summed E-state index contributed by atoms with van der Waals surface area (Å²) in [6.07, 6.45) is 15.7. The minimum Gasteiger partial charge on any atom is -0.316 e. The topological polar surface area (TPSA) is 15.3 Å². The van der Waals surface area contributed by atoms with Crippen LogP contribution >= 0.6 is 0 Å². The van der Waals surface area contributed by atoms with Gasteiger partial charge in [0.1, 0.15) is 0 Å². The van der Waals surface area contributed by atoms with E-state index in [1.54, 1.807) is 0 Å². The molecule has 164 valence electrons. The van der Waals surface area contributed by atoms with Crippen molar-refractivity contribution in [3.63, 3.8) is 0 Å². The van der Waals surface area contributed by atoms with Gasteiger partial charge < -0.3 is 10.2 Å². The number of hydrogen-bond acceptors (Lipinski definition) is 2. The van der Waals surface area contributed by atoms with E-state index in [9.17, 15) is 0 Å². The number of hydrogen-bond donors (Lipinski definition) is 1. The Kier molecular flexibility index (Phi) is 15.8. The second-order valence-electron chi connectivity index (χ2n) is 9.24. The third-order valence-electron chi connectivity index (χ3n) is 6.34. The highest BCUT2D eigenvalue weighted by molar-refractivity contribution is 5.04. The van der Waals surface area contributed by atoms with Gasteiger partial charge in [-0.25, -0.2) is 0 Å². The van der Waals surface area contributed by atoms with Gasteiger partial charge in [-0.3, -0.25) is 0 Å². The molecule has 1 aliphatic heterocycles. The molecular formula is C26H50N2. The zero-order valence-corrected chi connectivity index (χ0v) is 19.7. The first kappa shape index (κ1) is 25.5. The first-order valence-electron chi connectivity index (χ1n) is 12.6. The van der Waals surface area contributed by atoms with Crippen LogP contribution in [0.4, 0.5) is 0 Å². The summed E-state index contributed by atoms with van der Waals surface area (Å²) in [5.74, 6) is 9.52. The van der Waals surface area contributed by atoms with Gasteiger partial charge in [0.2, 0.25) is 0 Å². The first-order chi connectivity index (χ1) is 13.7. The molecule has 1 fully saturated rings.